The standard InChI is InChI=1S/C25H28N4O2/c1-16(18-8-10-19(11-9-18)25(3,4)5)27-22(30)15-29-24-23(17(2)28-29)20(12-13-26-24)21-7-6-14-31-21/h6-14,16H,15H2,1-5H3,(H,27,30). The van der Waals surface area contributed by atoms with Crippen LogP contribution in [-0.4, -0.2) is 20.7 Å². The molecule has 3 aromatic heterocycles. The van der Waals surface area contributed by atoms with Crippen molar-refractivity contribution >= 4 is 16.9 Å². The fraction of sp³-hybridized carbons (Fsp3) is 0.320. The van der Waals surface area contributed by atoms with Crippen LogP contribution in [0.1, 0.15) is 50.6 Å². The number of benzene rings is 1. The molecule has 0 radical (unpaired) electrons. The van der Waals surface area contributed by atoms with E-state index in [-0.39, 0.29) is 23.9 Å². The highest BCUT2D eigenvalue weighted by Gasteiger charge is 2.19. The van der Waals surface area contributed by atoms with E-state index in [0.717, 1.165) is 28.0 Å². The number of aryl methyl sites for hydroxylation is 1. The van der Waals surface area contributed by atoms with Crippen LogP contribution in [0.5, 0.6) is 0 Å². The number of nitrogens with one attached hydrogen (secondary N) is 1. The minimum Gasteiger partial charge on any atom is -0.464 e. The Morgan fingerprint density at radius 2 is 1.90 bits per heavy atom. The normalized spacial score (nSPS) is 12.8. The van der Waals surface area contributed by atoms with E-state index >= 15 is 0 Å². The summed E-state index contributed by atoms with van der Waals surface area (Å²) in [7, 11) is 0. The fourth-order valence-electron chi connectivity index (χ4n) is 3.81. The van der Waals surface area contributed by atoms with Crippen LogP contribution in [-0.2, 0) is 16.8 Å². The first-order chi connectivity index (χ1) is 14.7. The molecule has 31 heavy (non-hydrogen) atoms. The predicted molar refractivity (Wildman–Crippen MR) is 122 cm³/mol. The van der Waals surface area contributed by atoms with Crippen molar-refractivity contribution in [3.63, 3.8) is 0 Å². The molecule has 1 aromatic carbocycles. The number of carbonyl (C=O) groups excluding carboxylic acids is 1. The van der Waals surface area contributed by atoms with E-state index in [1.807, 2.05) is 32.0 Å². The molecule has 4 aromatic rings. The molecule has 1 N–H and O–H groups in total. The molecule has 3 heterocycles. The third-order valence-electron chi connectivity index (χ3n) is 5.54. The van der Waals surface area contributed by atoms with Gasteiger partial charge in [0, 0.05) is 11.8 Å². The van der Waals surface area contributed by atoms with Gasteiger partial charge in [-0.3, -0.25) is 4.79 Å². The van der Waals surface area contributed by atoms with Crippen molar-refractivity contribution < 1.29 is 9.21 Å². The van der Waals surface area contributed by atoms with Crippen LogP contribution in [0.25, 0.3) is 22.4 Å². The highest BCUT2D eigenvalue weighted by atomic mass is 16.3. The van der Waals surface area contributed by atoms with Gasteiger partial charge in [-0.15, -0.1) is 0 Å². The van der Waals surface area contributed by atoms with Gasteiger partial charge in [0.15, 0.2) is 5.65 Å². The van der Waals surface area contributed by atoms with E-state index < -0.39 is 0 Å². The lowest BCUT2D eigenvalue weighted by Crippen LogP contribution is -2.30. The van der Waals surface area contributed by atoms with Crippen molar-refractivity contribution in [2.45, 2.75) is 52.6 Å². The Morgan fingerprint density at radius 3 is 2.55 bits per heavy atom. The van der Waals surface area contributed by atoms with Crippen LogP contribution in [0, 0.1) is 6.92 Å². The first kappa shape index (κ1) is 20.8. The third-order valence-corrected chi connectivity index (χ3v) is 5.54. The molecular weight excluding hydrogens is 388 g/mol. The summed E-state index contributed by atoms with van der Waals surface area (Å²) >= 11 is 0. The van der Waals surface area contributed by atoms with Crippen molar-refractivity contribution in [2.24, 2.45) is 0 Å². The molecule has 0 saturated carbocycles. The van der Waals surface area contributed by atoms with Gasteiger partial charge < -0.3 is 9.73 Å². The number of aromatic nitrogens is 3. The number of amides is 1. The number of fused-ring (bicyclic) bond motifs is 1. The smallest absolute Gasteiger partial charge is 0.242 e. The number of nitrogens with zero attached hydrogens (tertiary/aromatic N) is 3. The second-order valence-corrected chi connectivity index (χ2v) is 8.94. The monoisotopic (exact) mass is 416 g/mol. The molecule has 0 spiro atoms. The van der Waals surface area contributed by atoms with Gasteiger partial charge in [0.25, 0.3) is 0 Å². The largest absolute Gasteiger partial charge is 0.464 e. The summed E-state index contributed by atoms with van der Waals surface area (Å²) in [6, 6.07) is 14.0. The van der Waals surface area contributed by atoms with Crippen molar-refractivity contribution in [1.29, 1.82) is 0 Å². The second-order valence-electron chi connectivity index (χ2n) is 8.94. The maximum absolute atomic E-state index is 12.8. The summed E-state index contributed by atoms with van der Waals surface area (Å²) in [6.07, 6.45) is 3.36. The highest BCUT2D eigenvalue weighted by molar-refractivity contribution is 5.93. The van der Waals surface area contributed by atoms with Gasteiger partial charge in [-0.25, -0.2) is 9.67 Å². The highest BCUT2D eigenvalue weighted by Crippen LogP contribution is 2.30. The summed E-state index contributed by atoms with van der Waals surface area (Å²) in [5.41, 5.74) is 4.85. The molecule has 0 fully saturated rings. The number of rotatable bonds is 5. The van der Waals surface area contributed by atoms with E-state index in [9.17, 15) is 4.79 Å². The predicted octanol–water partition coefficient (Wildman–Crippen LogP) is 5.17. The second kappa shape index (κ2) is 8.02. The summed E-state index contributed by atoms with van der Waals surface area (Å²) in [5, 5.41) is 8.54. The van der Waals surface area contributed by atoms with Crippen LogP contribution < -0.4 is 5.32 Å². The Hall–Kier alpha value is -3.41. The Labute approximate surface area is 182 Å². The number of hydrogen-bond acceptors (Lipinski definition) is 4. The number of furan rings is 1. The van der Waals surface area contributed by atoms with Crippen LogP contribution in [0.4, 0.5) is 0 Å². The number of carbonyl (C=O) groups is 1. The molecule has 0 saturated heterocycles. The minimum absolute atomic E-state index is 0.101. The maximum atomic E-state index is 12.8. The van der Waals surface area contributed by atoms with E-state index in [1.165, 1.54) is 5.56 Å². The first-order valence-corrected chi connectivity index (χ1v) is 10.5. The van der Waals surface area contributed by atoms with Gasteiger partial charge in [0.2, 0.25) is 5.91 Å². The average molecular weight is 417 g/mol. The van der Waals surface area contributed by atoms with Crippen molar-refractivity contribution in [2.75, 3.05) is 0 Å². The average Bonchev–Trinajstić information content (AvgIpc) is 3.36. The lowest BCUT2D eigenvalue weighted by molar-refractivity contribution is -0.122. The molecule has 1 unspecified atom stereocenters. The molecule has 4 rings (SSSR count). The maximum Gasteiger partial charge on any atom is 0.242 e. The molecule has 1 atom stereocenters. The topological polar surface area (TPSA) is 73.0 Å². The Bertz CT molecular complexity index is 1200. The lowest BCUT2D eigenvalue weighted by Gasteiger charge is -2.20. The van der Waals surface area contributed by atoms with E-state index in [1.54, 1.807) is 17.1 Å². The van der Waals surface area contributed by atoms with E-state index in [2.05, 4.69) is 60.4 Å². The molecule has 1 amide bonds. The molecule has 6 nitrogen and oxygen atoms in total. The van der Waals surface area contributed by atoms with Gasteiger partial charge in [0.1, 0.15) is 12.3 Å². The Balaban J connectivity index is 1.52. The first-order valence-electron chi connectivity index (χ1n) is 10.5. The molecule has 0 bridgehead atoms. The summed E-state index contributed by atoms with van der Waals surface area (Å²) in [5.74, 6) is 0.647. The van der Waals surface area contributed by atoms with Crippen LogP contribution in [0.3, 0.4) is 0 Å². The van der Waals surface area contributed by atoms with E-state index in [0.29, 0.717) is 5.65 Å². The van der Waals surface area contributed by atoms with Crippen LogP contribution in [0.15, 0.2) is 59.3 Å². The van der Waals surface area contributed by atoms with Crippen molar-refractivity contribution in [3.05, 3.63) is 71.7 Å². The van der Waals surface area contributed by atoms with Gasteiger partial charge in [-0.1, -0.05) is 45.0 Å². The lowest BCUT2D eigenvalue weighted by atomic mass is 9.86. The zero-order valence-electron chi connectivity index (χ0n) is 18.6. The molecule has 160 valence electrons. The minimum atomic E-state index is -0.109. The molecule has 0 aliphatic rings. The van der Waals surface area contributed by atoms with Gasteiger partial charge >= 0.3 is 0 Å². The van der Waals surface area contributed by atoms with Crippen molar-refractivity contribution in [3.8, 4) is 11.3 Å². The fourth-order valence-corrected chi connectivity index (χ4v) is 3.81. The zero-order chi connectivity index (χ0) is 22.2. The molecular formula is C25H28N4O2. The van der Waals surface area contributed by atoms with Crippen molar-refractivity contribution in [1.82, 2.24) is 20.1 Å². The van der Waals surface area contributed by atoms with Crippen LogP contribution >= 0.6 is 0 Å². The summed E-state index contributed by atoms with van der Waals surface area (Å²) < 4.78 is 7.21. The SMILES string of the molecule is Cc1nn(CC(=O)NC(C)c2ccc(C(C)(C)C)cc2)c2nccc(-c3ccco3)c12. The Kier molecular flexibility index (Phi) is 5.39. The quantitative estimate of drug-likeness (QED) is 0.487. The molecule has 0 aliphatic heterocycles. The van der Waals surface area contributed by atoms with E-state index in [4.69, 9.17) is 4.42 Å². The number of hydrogen-bond donors (Lipinski definition) is 1. The van der Waals surface area contributed by atoms with Gasteiger partial charge in [0.05, 0.1) is 23.4 Å². The number of pyridine rings is 1. The molecule has 6 heteroatoms. The van der Waals surface area contributed by atoms with Gasteiger partial charge in [-0.2, -0.15) is 5.10 Å². The molecule has 0 aliphatic carbocycles. The van der Waals surface area contributed by atoms with Gasteiger partial charge in [-0.05, 0) is 48.6 Å². The Morgan fingerprint density at radius 1 is 1.16 bits per heavy atom. The van der Waals surface area contributed by atoms with Crippen LogP contribution in [0.2, 0.25) is 0 Å². The third kappa shape index (κ3) is 4.24. The zero-order valence-corrected chi connectivity index (χ0v) is 18.6. The summed E-state index contributed by atoms with van der Waals surface area (Å²) in [6.45, 7) is 10.6. The summed E-state index contributed by atoms with van der Waals surface area (Å²) in [4.78, 5) is 17.2.